The maximum absolute atomic E-state index is 6.25. The fraction of sp³-hybridized carbons (Fsp3) is 0.345. The summed E-state index contributed by atoms with van der Waals surface area (Å²) in [6.45, 7) is 8.96. The molecule has 4 heteroatoms. The van der Waals surface area contributed by atoms with Crippen LogP contribution in [-0.2, 0) is 5.41 Å². The van der Waals surface area contributed by atoms with Crippen molar-refractivity contribution in [2.24, 2.45) is 0 Å². The first-order valence-electron chi connectivity index (χ1n) is 22.5. The van der Waals surface area contributed by atoms with E-state index in [-0.39, 0.29) is 5.41 Å². The first-order valence-corrected chi connectivity index (χ1v) is 23.2. The average Bonchev–Trinajstić information content (AvgIpc) is 3.51. The molecule has 6 aromatic carbocycles. The highest BCUT2D eigenvalue weighted by atomic mass is 79.9. The van der Waals surface area contributed by atoms with Gasteiger partial charge in [0, 0.05) is 44.0 Å². The lowest BCUT2D eigenvalue weighted by Crippen LogP contribution is -2.26. The number of anilines is 6. The Labute approximate surface area is 365 Å². The van der Waals surface area contributed by atoms with Gasteiger partial charge in [0.15, 0.2) is 0 Å². The summed E-state index contributed by atoms with van der Waals surface area (Å²) in [5.41, 5.74) is 15.9. The average molecular weight is 842 g/mol. The van der Waals surface area contributed by atoms with Crippen molar-refractivity contribution in [3.05, 3.63) is 160 Å². The summed E-state index contributed by atoms with van der Waals surface area (Å²) < 4.78 is 1.08. The molecule has 0 N–H and O–H groups in total. The predicted octanol–water partition coefficient (Wildman–Crippen LogP) is 16.6. The molecular weight excluding hydrogens is 779 g/mol. The number of fused-ring (bicyclic) bond motifs is 3. The lowest BCUT2D eigenvalue weighted by molar-refractivity contribution is 0.398. The van der Waals surface area contributed by atoms with Gasteiger partial charge in [0.25, 0.3) is 0 Å². The van der Waals surface area contributed by atoms with Crippen molar-refractivity contribution in [3.8, 4) is 11.1 Å². The van der Waals surface area contributed by atoms with Crippen LogP contribution < -0.4 is 15.3 Å². The van der Waals surface area contributed by atoms with Gasteiger partial charge in [0.2, 0.25) is 0 Å². The third-order valence-electron chi connectivity index (χ3n) is 12.6. The van der Waals surface area contributed by atoms with Gasteiger partial charge < -0.3 is 9.80 Å². The van der Waals surface area contributed by atoms with E-state index in [4.69, 9.17) is 7.85 Å². The summed E-state index contributed by atoms with van der Waals surface area (Å²) in [6.07, 6.45) is 17.8. The molecule has 7 rings (SSSR count). The molecule has 0 amide bonds. The van der Waals surface area contributed by atoms with E-state index in [0.717, 1.165) is 39.8 Å². The highest BCUT2D eigenvalue weighted by Crippen LogP contribution is 2.57. The van der Waals surface area contributed by atoms with E-state index in [0.29, 0.717) is 0 Å². The van der Waals surface area contributed by atoms with Crippen LogP contribution in [0.1, 0.15) is 126 Å². The Hall–Kier alpha value is -4.54. The van der Waals surface area contributed by atoms with Crippen LogP contribution >= 0.6 is 15.9 Å². The van der Waals surface area contributed by atoms with Crippen LogP contribution in [0, 0.1) is 13.8 Å². The van der Waals surface area contributed by atoms with Gasteiger partial charge in [-0.25, -0.2) is 0 Å². The molecule has 6 aromatic rings. The molecule has 2 nitrogen and oxygen atoms in total. The van der Waals surface area contributed by atoms with Crippen LogP contribution in [0.2, 0.25) is 0 Å². The zero-order valence-electron chi connectivity index (χ0n) is 36.0. The second-order valence-corrected chi connectivity index (χ2v) is 17.9. The van der Waals surface area contributed by atoms with E-state index >= 15 is 0 Å². The maximum Gasteiger partial charge on any atom is 0.113 e. The monoisotopic (exact) mass is 840 g/mol. The summed E-state index contributed by atoms with van der Waals surface area (Å²) in [7, 11) is 6.25. The highest BCUT2D eigenvalue weighted by molar-refractivity contribution is 9.10. The smallest absolute Gasteiger partial charge is 0.113 e. The Balaban J connectivity index is 1.39. The Morgan fingerprint density at radius 3 is 1.17 bits per heavy atom. The Morgan fingerprint density at radius 1 is 0.424 bits per heavy atom. The molecule has 0 fully saturated rings. The summed E-state index contributed by atoms with van der Waals surface area (Å²) in [4.78, 5) is 4.86. The Bertz CT molecular complexity index is 1990. The van der Waals surface area contributed by atoms with Crippen LogP contribution in [-0.4, -0.2) is 7.85 Å². The van der Waals surface area contributed by atoms with Crippen molar-refractivity contribution in [1.29, 1.82) is 0 Å². The quantitative estimate of drug-likeness (QED) is 0.0558. The lowest BCUT2D eigenvalue weighted by Gasteiger charge is -2.35. The van der Waals surface area contributed by atoms with Gasteiger partial charge in [-0.3, -0.25) is 0 Å². The minimum absolute atomic E-state index is 0.106. The Morgan fingerprint density at radius 2 is 0.763 bits per heavy atom. The minimum Gasteiger partial charge on any atom is -0.310 e. The molecule has 59 heavy (non-hydrogen) atoms. The molecule has 0 atom stereocenters. The Kier molecular flexibility index (Phi) is 14.5. The van der Waals surface area contributed by atoms with Crippen LogP contribution in [0.3, 0.4) is 0 Å². The number of halogens is 1. The number of aryl methyl sites for hydroxylation is 2. The number of nitrogens with zero attached hydrogens (tertiary/aromatic N) is 2. The van der Waals surface area contributed by atoms with Gasteiger partial charge in [-0.2, -0.15) is 0 Å². The maximum atomic E-state index is 6.25. The summed E-state index contributed by atoms with van der Waals surface area (Å²) in [5.74, 6) is 0. The van der Waals surface area contributed by atoms with Gasteiger partial charge >= 0.3 is 0 Å². The molecule has 302 valence electrons. The molecule has 1 aliphatic carbocycles. The van der Waals surface area contributed by atoms with Crippen LogP contribution in [0.5, 0.6) is 0 Å². The number of hydrogen-bond donors (Lipinski definition) is 0. The second-order valence-electron chi connectivity index (χ2n) is 17.0. The minimum atomic E-state index is -0.106. The standard InChI is InChI=1S/C55H62BBrN2/c1-5-7-9-11-13-15-37-55(38-16-14-12-10-8-6-2)53-39-49(58(45-25-17-41(3)18-26-45)47-29-21-43(56)22-30-47)33-35-51(53)52-36-34-50(40-54(52)55)59(46-27-19-42(4)20-28-46)48-31-23-44(57)24-32-48/h17-36,39-40H,5-16,37-38H2,1-4H3. The van der Waals surface area contributed by atoms with Crippen LogP contribution in [0.4, 0.5) is 34.1 Å². The molecule has 0 spiro atoms. The second kappa shape index (κ2) is 20.1. The first-order chi connectivity index (χ1) is 28.8. The molecule has 2 radical (unpaired) electrons. The topological polar surface area (TPSA) is 6.48 Å². The van der Waals surface area contributed by atoms with Crippen molar-refractivity contribution in [2.45, 2.75) is 123 Å². The van der Waals surface area contributed by atoms with Gasteiger partial charge in [0.05, 0.1) is 0 Å². The molecule has 0 aromatic heterocycles. The molecule has 0 bridgehead atoms. The van der Waals surface area contributed by atoms with E-state index in [1.807, 2.05) is 12.1 Å². The van der Waals surface area contributed by atoms with Gasteiger partial charge in [-0.15, -0.1) is 0 Å². The normalized spacial score (nSPS) is 12.6. The third-order valence-corrected chi connectivity index (χ3v) is 13.1. The first kappa shape index (κ1) is 42.6. The van der Waals surface area contributed by atoms with E-state index in [2.05, 4.69) is 175 Å². The predicted molar refractivity (Wildman–Crippen MR) is 261 cm³/mol. The fourth-order valence-electron chi connectivity index (χ4n) is 9.32. The van der Waals surface area contributed by atoms with E-state index in [1.165, 1.54) is 127 Å². The zero-order chi connectivity index (χ0) is 41.2. The van der Waals surface area contributed by atoms with Crippen molar-refractivity contribution in [2.75, 3.05) is 9.80 Å². The molecule has 0 saturated heterocycles. The number of benzene rings is 6. The molecule has 0 heterocycles. The number of rotatable bonds is 20. The number of hydrogen-bond acceptors (Lipinski definition) is 2. The summed E-state index contributed by atoms with van der Waals surface area (Å²) in [5, 5.41) is 0. The summed E-state index contributed by atoms with van der Waals surface area (Å²) >= 11 is 3.70. The van der Waals surface area contributed by atoms with Gasteiger partial charge in [-0.05, 0) is 134 Å². The van der Waals surface area contributed by atoms with Crippen LogP contribution in [0.25, 0.3) is 11.1 Å². The largest absolute Gasteiger partial charge is 0.310 e. The zero-order valence-corrected chi connectivity index (χ0v) is 37.5. The lowest BCUT2D eigenvalue weighted by atomic mass is 9.70. The molecular formula is C55H62BBrN2. The van der Waals surface area contributed by atoms with Crippen molar-refractivity contribution in [1.82, 2.24) is 0 Å². The molecule has 0 aliphatic heterocycles. The van der Waals surface area contributed by atoms with Gasteiger partial charge in [-0.1, -0.05) is 172 Å². The van der Waals surface area contributed by atoms with E-state index in [9.17, 15) is 0 Å². The van der Waals surface area contributed by atoms with Crippen molar-refractivity contribution >= 4 is 63.4 Å². The van der Waals surface area contributed by atoms with Gasteiger partial charge in [0.1, 0.15) is 7.85 Å². The molecule has 0 unspecified atom stereocenters. The van der Waals surface area contributed by atoms with E-state index in [1.54, 1.807) is 0 Å². The highest BCUT2D eigenvalue weighted by Gasteiger charge is 2.43. The third kappa shape index (κ3) is 9.92. The van der Waals surface area contributed by atoms with E-state index < -0.39 is 0 Å². The van der Waals surface area contributed by atoms with Crippen LogP contribution in [0.15, 0.2) is 138 Å². The number of unbranched alkanes of at least 4 members (excludes halogenated alkanes) is 10. The summed E-state index contributed by atoms with van der Waals surface area (Å²) in [6, 6.07) is 49.8. The van der Waals surface area contributed by atoms with Crippen molar-refractivity contribution < 1.29 is 0 Å². The fourth-order valence-corrected chi connectivity index (χ4v) is 9.59. The molecule has 1 aliphatic rings. The van der Waals surface area contributed by atoms with Crippen molar-refractivity contribution in [3.63, 3.8) is 0 Å². The SMILES string of the molecule is [B]c1ccc(N(c2ccc(C)cc2)c2ccc3c(c2)C(CCCCCCCC)(CCCCCCCC)c2cc(N(c4ccc(C)cc4)c4ccc(Br)cc4)ccc2-3)cc1. The molecule has 0 saturated carbocycles.